The number of aromatic nitrogens is 5. The molecule has 0 radical (unpaired) electrons. The number of likely N-dealkylation sites (tertiary alicyclic amines) is 1. The predicted octanol–water partition coefficient (Wildman–Crippen LogP) is 5.94. The Bertz CT molecular complexity index is 1650. The van der Waals surface area contributed by atoms with E-state index in [-0.39, 0.29) is 36.5 Å². The van der Waals surface area contributed by atoms with E-state index in [9.17, 15) is 31.1 Å². The number of nitrogens with zero attached hydrogens (tertiary/aromatic N) is 6. The second-order valence-electron chi connectivity index (χ2n) is 11.5. The van der Waals surface area contributed by atoms with Gasteiger partial charge in [-0.1, -0.05) is 18.6 Å². The topological polar surface area (TPSA) is 60.4 Å². The molecule has 1 unspecified atom stereocenters. The summed E-state index contributed by atoms with van der Waals surface area (Å²) in [6, 6.07) is 8.10. The number of halogens is 6. The first kappa shape index (κ1) is 28.5. The number of benzene rings is 1. The monoisotopic (exact) mass is 592 g/mol. The molecule has 3 aromatic heterocycles. The fraction of sp³-hybridized carbons (Fsp3) is 0.483. The molecule has 1 aromatic carbocycles. The van der Waals surface area contributed by atoms with E-state index < -0.39 is 29.5 Å². The van der Waals surface area contributed by atoms with Crippen LogP contribution in [0.2, 0.25) is 0 Å². The lowest BCUT2D eigenvalue weighted by Gasteiger charge is -2.33. The lowest BCUT2D eigenvalue weighted by molar-refractivity contribution is -0.187. The van der Waals surface area contributed by atoms with Crippen LogP contribution in [0.25, 0.3) is 11.2 Å². The van der Waals surface area contributed by atoms with Crippen LogP contribution in [0.4, 0.5) is 26.3 Å². The normalized spacial score (nSPS) is 19.7. The molecular formula is C29H30F6N6O. The standard InChI is InChI=1S/C29H30F6N6O/c1-38-17-36-37-26(38)25(19-5-2-6-19)20-7-3-9-22(12-20)40-16-24-23(29(33,34)35)11-18(14-41(24)27(40)42)13-39-10-4-8-21(15-39)28(30,31)32/h3,7,9,11-12,14,16-17,19,21,25H,2,4-6,8,10,13,15H2,1H3/t21?,25-/m1/s1. The first-order valence-corrected chi connectivity index (χ1v) is 14.0. The minimum atomic E-state index is -4.78. The van der Waals surface area contributed by atoms with Crippen LogP contribution in [0.15, 0.2) is 53.8 Å². The Morgan fingerprint density at radius 2 is 1.81 bits per heavy atom. The molecule has 2 fully saturated rings. The van der Waals surface area contributed by atoms with Crippen LogP contribution in [0.5, 0.6) is 0 Å². The molecule has 1 saturated heterocycles. The van der Waals surface area contributed by atoms with E-state index in [1.54, 1.807) is 24.5 Å². The van der Waals surface area contributed by atoms with Gasteiger partial charge in [-0.15, -0.1) is 10.2 Å². The van der Waals surface area contributed by atoms with Gasteiger partial charge in [0.15, 0.2) is 0 Å². The van der Waals surface area contributed by atoms with Crippen molar-refractivity contribution in [3.05, 3.63) is 82.1 Å². The van der Waals surface area contributed by atoms with Crippen LogP contribution in [0, 0.1) is 11.8 Å². The maximum Gasteiger partial charge on any atom is 0.418 e. The molecule has 0 bridgehead atoms. The Morgan fingerprint density at radius 1 is 1.02 bits per heavy atom. The summed E-state index contributed by atoms with van der Waals surface area (Å²) >= 11 is 0. The van der Waals surface area contributed by atoms with Gasteiger partial charge in [0, 0.05) is 38.4 Å². The van der Waals surface area contributed by atoms with Crippen molar-refractivity contribution in [3.8, 4) is 5.69 Å². The van der Waals surface area contributed by atoms with Crippen LogP contribution in [-0.2, 0) is 19.8 Å². The molecule has 0 amide bonds. The molecule has 1 aliphatic heterocycles. The van der Waals surface area contributed by atoms with E-state index in [2.05, 4.69) is 10.2 Å². The highest BCUT2D eigenvalue weighted by molar-refractivity contribution is 5.58. The minimum absolute atomic E-state index is 0.00747. The molecule has 4 heterocycles. The molecule has 7 nitrogen and oxygen atoms in total. The number of alkyl halides is 6. The molecular weight excluding hydrogens is 562 g/mol. The lowest BCUT2D eigenvalue weighted by atomic mass is 9.72. The van der Waals surface area contributed by atoms with E-state index in [4.69, 9.17) is 0 Å². The summed E-state index contributed by atoms with van der Waals surface area (Å²) in [5.41, 5.74) is -0.609. The number of hydrogen-bond donors (Lipinski definition) is 0. The summed E-state index contributed by atoms with van der Waals surface area (Å²) in [5.74, 6) is -0.500. The van der Waals surface area contributed by atoms with Gasteiger partial charge in [-0.05, 0) is 67.5 Å². The Kier molecular flexibility index (Phi) is 7.19. The summed E-state index contributed by atoms with van der Waals surface area (Å²) in [5, 5.41) is 8.33. The van der Waals surface area contributed by atoms with Gasteiger partial charge in [0.25, 0.3) is 0 Å². The molecule has 0 N–H and O–H groups in total. The highest BCUT2D eigenvalue weighted by atomic mass is 19.4. The van der Waals surface area contributed by atoms with Gasteiger partial charge in [0.05, 0.1) is 22.7 Å². The number of piperidine rings is 1. The Labute approximate surface area is 237 Å². The summed E-state index contributed by atoms with van der Waals surface area (Å²) in [6.45, 7) is -0.0822. The van der Waals surface area contributed by atoms with Crippen molar-refractivity contribution in [2.75, 3.05) is 13.1 Å². The second-order valence-corrected chi connectivity index (χ2v) is 11.5. The first-order chi connectivity index (χ1) is 19.9. The van der Waals surface area contributed by atoms with Crippen molar-refractivity contribution >= 4 is 5.52 Å². The maximum absolute atomic E-state index is 14.2. The van der Waals surface area contributed by atoms with E-state index >= 15 is 0 Å². The Morgan fingerprint density at radius 3 is 2.45 bits per heavy atom. The quantitative estimate of drug-likeness (QED) is 0.260. The zero-order chi connectivity index (χ0) is 29.8. The molecule has 13 heteroatoms. The molecule has 1 aliphatic carbocycles. The van der Waals surface area contributed by atoms with Gasteiger partial charge in [-0.2, -0.15) is 26.3 Å². The number of imidazole rings is 1. The zero-order valence-corrected chi connectivity index (χ0v) is 22.9. The molecule has 2 atom stereocenters. The van der Waals surface area contributed by atoms with E-state index in [0.29, 0.717) is 24.6 Å². The van der Waals surface area contributed by atoms with E-state index in [1.807, 2.05) is 17.7 Å². The van der Waals surface area contributed by atoms with E-state index in [1.165, 1.54) is 21.9 Å². The predicted molar refractivity (Wildman–Crippen MR) is 142 cm³/mol. The third-order valence-corrected chi connectivity index (χ3v) is 8.66. The number of fused-ring (bicyclic) bond motifs is 1. The summed E-state index contributed by atoms with van der Waals surface area (Å²) in [6.07, 6.45) is -1.64. The Balaban J connectivity index is 1.39. The van der Waals surface area contributed by atoms with Gasteiger partial charge >= 0.3 is 18.0 Å². The number of rotatable bonds is 6. The van der Waals surface area contributed by atoms with Crippen molar-refractivity contribution in [2.45, 2.75) is 56.9 Å². The largest absolute Gasteiger partial charge is 0.418 e. The highest BCUT2D eigenvalue weighted by Gasteiger charge is 2.42. The van der Waals surface area contributed by atoms with Crippen molar-refractivity contribution in [1.82, 2.24) is 28.6 Å². The fourth-order valence-corrected chi connectivity index (χ4v) is 6.32. The molecule has 1 saturated carbocycles. The zero-order valence-electron chi connectivity index (χ0n) is 22.9. The molecule has 4 aromatic rings. The van der Waals surface area contributed by atoms with Gasteiger partial charge in [0.2, 0.25) is 0 Å². The van der Waals surface area contributed by atoms with Crippen molar-refractivity contribution in [2.24, 2.45) is 18.9 Å². The highest BCUT2D eigenvalue weighted by Crippen LogP contribution is 2.43. The SMILES string of the molecule is Cn1cnnc1[C@@H](c1cccc(-n2cc3c(C(F)(F)F)cc(CN4CCCC(C(F)(F)F)C4)cn3c2=O)c1)C1CCC1. The molecule has 42 heavy (non-hydrogen) atoms. The van der Waals surface area contributed by atoms with Gasteiger partial charge < -0.3 is 4.57 Å². The molecule has 6 rings (SSSR count). The van der Waals surface area contributed by atoms with Crippen LogP contribution in [0.1, 0.15) is 60.5 Å². The molecule has 2 aliphatic rings. The van der Waals surface area contributed by atoms with Crippen molar-refractivity contribution in [3.63, 3.8) is 0 Å². The van der Waals surface area contributed by atoms with Crippen LogP contribution < -0.4 is 5.69 Å². The van der Waals surface area contributed by atoms with Gasteiger partial charge in [0.1, 0.15) is 12.2 Å². The van der Waals surface area contributed by atoms with Crippen LogP contribution >= 0.6 is 0 Å². The number of hydrogen-bond acceptors (Lipinski definition) is 4. The van der Waals surface area contributed by atoms with Crippen LogP contribution in [0.3, 0.4) is 0 Å². The van der Waals surface area contributed by atoms with E-state index in [0.717, 1.165) is 41.1 Å². The first-order valence-electron chi connectivity index (χ1n) is 14.0. The maximum atomic E-state index is 14.2. The summed E-state index contributed by atoms with van der Waals surface area (Å²) < 4.78 is 86.6. The smallest absolute Gasteiger partial charge is 0.320 e. The molecule has 0 spiro atoms. The number of aryl methyl sites for hydroxylation is 1. The van der Waals surface area contributed by atoms with Crippen LogP contribution in [-0.4, -0.2) is 47.9 Å². The minimum Gasteiger partial charge on any atom is -0.320 e. The average molecular weight is 593 g/mol. The summed E-state index contributed by atoms with van der Waals surface area (Å²) in [4.78, 5) is 15.1. The number of pyridine rings is 1. The lowest BCUT2D eigenvalue weighted by Crippen LogP contribution is -2.41. The van der Waals surface area contributed by atoms with Gasteiger partial charge in [-0.3, -0.25) is 13.9 Å². The third-order valence-electron chi connectivity index (χ3n) is 8.66. The van der Waals surface area contributed by atoms with Gasteiger partial charge in [-0.25, -0.2) is 4.79 Å². The molecule has 224 valence electrons. The fourth-order valence-electron chi connectivity index (χ4n) is 6.32. The van der Waals surface area contributed by atoms with Crippen molar-refractivity contribution in [1.29, 1.82) is 0 Å². The summed E-state index contributed by atoms with van der Waals surface area (Å²) in [7, 11) is 1.86. The average Bonchev–Trinajstić information content (AvgIpc) is 3.47. The third kappa shape index (κ3) is 5.34. The second kappa shape index (κ2) is 10.6. The Hall–Kier alpha value is -3.61. The van der Waals surface area contributed by atoms with Crippen molar-refractivity contribution < 1.29 is 26.3 Å².